The Bertz CT molecular complexity index is 326. The van der Waals surface area contributed by atoms with Crippen molar-refractivity contribution in [3.05, 3.63) is 24.1 Å². The van der Waals surface area contributed by atoms with Crippen molar-refractivity contribution in [2.45, 2.75) is 12.8 Å². The Balaban J connectivity index is 2.08. The van der Waals surface area contributed by atoms with Crippen molar-refractivity contribution in [3.63, 3.8) is 0 Å². The van der Waals surface area contributed by atoms with Gasteiger partial charge in [0.15, 0.2) is 0 Å². The number of Topliss-reactive ketones (excluding diaryl/α,β-unsaturated/α-hetero) is 1. The minimum atomic E-state index is -0.332. The topological polar surface area (TPSA) is 33.2 Å². The smallest absolute Gasteiger partial charge is 0.141 e. The first-order chi connectivity index (χ1) is 6.75. The van der Waals surface area contributed by atoms with Gasteiger partial charge in [-0.2, -0.15) is 0 Å². The molecule has 0 unspecified atom stereocenters. The predicted octanol–water partition coefficient (Wildman–Crippen LogP) is 1.39. The van der Waals surface area contributed by atoms with Crippen LogP contribution in [0, 0.1) is 5.82 Å². The minimum Gasteiger partial charge on any atom is -0.356 e. The van der Waals surface area contributed by atoms with Crippen molar-refractivity contribution in [2.75, 3.05) is 18.0 Å². The zero-order chi connectivity index (χ0) is 9.97. The Morgan fingerprint density at radius 3 is 2.57 bits per heavy atom. The number of rotatable bonds is 1. The van der Waals surface area contributed by atoms with Crippen LogP contribution in [0.1, 0.15) is 12.8 Å². The third kappa shape index (κ3) is 1.89. The lowest BCUT2D eigenvalue weighted by Gasteiger charge is -2.26. The van der Waals surface area contributed by atoms with Crippen LogP contribution < -0.4 is 4.90 Å². The molecule has 0 aliphatic carbocycles. The second kappa shape index (κ2) is 3.74. The lowest BCUT2D eigenvalue weighted by molar-refractivity contribution is -0.119. The molecule has 0 aromatic carbocycles. The molecule has 0 bridgehead atoms. The van der Waals surface area contributed by atoms with E-state index >= 15 is 0 Å². The molecule has 0 N–H and O–H groups in total. The number of nitrogens with zero attached hydrogens (tertiary/aromatic N) is 2. The van der Waals surface area contributed by atoms with Gasteiger partial charge in [0, 0.05) is 25.9 Å². The zero-order valence-electron chi connectivity index (χ0n) is 7.74. The Hall–Kier alpha value is -1.45. The summed E-state index contributed by atoms with van der Waals surface area (Å²) in [6.07, 6.45) is 2.34. The highest BCUT2D eigenvalue weighted by molar-refractivity contribution is 5.80. The van der Waals surface area contributed by atoms with Gasteiger partial charge < -0.3 is 4.90 Å². The number of halogens is 1. The number of carbonyl (C=O) groups excluding carboxylic acids is 1. The molecule has 1 aliphatic heterocycles. The monoisotopic (exact) mass is 194 g/mol. The summed E-state index contributed by atoms with van der Waals surface area (Å²) in [4.78, 5) is 17.0. The summed E-state index contributed by atoms with van der Waals surface area (Å²) >= 11 is 0. The van der Waals surface area contributed by atoms with Crippen molar-refractivity contribution < 1.29 is 9.18 Å². The number of hydrogen-bond acceptors (Lipinski definition) is 3. The molecule has 4 heteroatoms. The molecule has 0 atom stereocenters. The Morgan fingerprint density at radius 1 is 1.29 bits per heavy atom. The average Bonchev–Trinajstić information content (AvgIpc) is 2.21. The first-order valence-electron chi connectivity index (χ1n) is 4.64. The number of ketones is 1. The van der Waals surface area contributed by atoms with E-state index in [1.807, 2.05) is 4.90 Å². The number of piperidine rings is 1. The summed E-state index contributed by atoms with van der Waals surface area (Å²) < 4.78 is 12.6. The number of hydrogen-bond donors (Lipinski definition) is 0. The van der Waals surface area contributed by atoms with E-state index in [9.17, 15) is 9.18 Å². The van der Waals surface area contributed by atoms with Crippen LogP contribution in [0.5, 0.6) is 0 Å². The van der Waals surface area contributed by atoms with Gasteiger partial charge in [0.2, 0.25) is 0 Å². The zero-order valence-corrected chi connectivity index (χ0v) is 7.74. The predicted molar refractivity (Wildman–Crippen MR) is 50.6 cm³/mol. The van der Waals surface area contributed by atoms with Crippen LogP contribution in [0.2, 0.25) is 0 Å². The SMILES string of the molecule is O=C1CCN(c2ccc(F)cn2)CC1. The third-order valence-corrected chi connectivity index (χ3v) is 2.36. The van der Waals surface area contributed by atoms with E-state index in [1.54, 1.807) is 6.07 Å². The van der Waals surface area contributed by atoms with Crippen molar-refractivity contribution in [2.24, 2.45) is 0 Å². The molecular formula is C10H11FN2O. The largest absolute Gasteiger partial charge is 0.356 e. The molecule has 1 saturated heterocycles. The molecule has 1 aromatic rings. The lowest BCUT2D eigenvalue weighted by atomic mass is 10.1. The highest BCUT2D eigenvalue weighted by Gasteiger charge is 2.16. The summed E-state index contributed by atoms with van der Waals surface area (Å²) in [5, 5.41) is 0. The summed E-state index contributed by atoms with van der Waals surface area (Å²) in [6.45, 7) is 1.38. The van der Waals surface area contributed by atoms with E-state index < -0.39 is 0 Å². The highest BCUT2D eigenvalue weighted by atomic mass is 19.1. The standard InChI is InChI=1S/C10H11FN2O/c11-8-1-2-10(12-7-8)13-5-3-9(14)4-6-13/h1-2,7H,3-6H2. The molecule has 0 spiro atoms. The normalized spacial score (nSPS) is 17.2. The van der Waals surface area contributed by atoms with Crippen LogP contribution in [-0.4, -0.2) is 23.9 Å². The molecule has 1 aromatic heterocycles. The van der Waals surface area contributed by atoms with Gasteiger partial charge >= 0.3 is 0 Å². The van der Waals surface area contributed by atoms with Gasteiger partial charge in [-0.05, 0) is 12.1 Å². The number of aromatic nitrogens is 1. The molecule has 2 heterocycles. The molecular weight excluding hydrogens is 183 g/mol. The molecule has 1 aliphatic rings. The molecule has 3 nitrogen and oxygen atoms in total. The second-order valence-corrected chi connectivity index (χ2v) is 3.36. The maximum absolute atomic E-state index is 12.6. The average molecular weight is 194 g/mol. The maximum Gasteiger partial charge on any atom is 0.141 e. The van der Waals surface area contributed by atoms with E-state index in [0.717, 1.165) is 5.82 Å². The molecule has 0 amide bonds. The van der Waals surface area contributed by atoms with Crippen molar-refractivity contribution in [1.82, 2.24) is 4.98 Å². The van der Waals surface area contributed by atoms with Crippen molar-refractivity contribution in [3.8, 4) is 0 Å². The van der Waals surface area contributed by atoms with Gasteiger partial charge in [-0.15, -0.1) is 0 Å². The van der Waals surface area contributed by atoms with Crippen LogP contribution >= 0.6 is 0 Å². The maximum atomic E-state index is 12.6. The Morgan fingerprint density at radius 2 is 2.00 bits per heavy atom. The van der Waals surface area contributed by atoms with Gasteiger partial charge in [0.1, 0.15) is 17.4 Å². The summed E-state index contributed by atoms with van der Waals surface area (Å²) in [7, 11) is 0. The summed E-state index contributed by atoms with van der Waals surface area (Å²) in [5.74, 6) is 0.712. The van der Waals surface area contributed by atoms with Gasteiger partial charge in [-0.3, -0.25) is 4.79 Å². The fourth-order valence-electron chi connectivity index (χ4n) is 1.54. The van der Waals surface area contributed by atoms with E-state index in [2.05, 4.69) is 4.98 Å². The fraction of sp³-hybridized carbons (Fsp3) is 0.400. The van der Waals surface area contributed by atoms with Crippen LogP contribution in [0.15, 0.2) is 18.3 Å². The molecule has 0 saturated carbocycles. The van der Waals surface area contributed by atoms with E-state index in [4.69, 9.17) is 0 Å². The Labute approximate surface area is 81.6 Å². The summed E-state index contributed by atoms with van der Waals surface area (Å²) in [5.41, 5.74) is 0. The molecule has 14 heavy (non-hydrogen) atoms. The second-order valence-electron chi connectivity index (χ2n) is 3.36. The molecule has 0 radical (unpaired) electrons. The van der Waals surface area contributed by atoms with Crippen LogP contribution in [-0.2, 0) is 4.79 Å². The number of carbonyl (C=O) groups is 1. The van der Waals surface area contributed by atoms with Gasteiger partial charge in [0.25, 0.3) is 0 Å². The third-order valence-electron chi connectivity index (χ3n) is 2.36. The first-order valence-corrected chi connectivity index (χ1v) is 4.64. The molecule has 74 valence electrons. The van der Waals surface area contributed by atoms with E-state index in [1.165, 1.54) is 12.3 Å². The van der Waals surface area contributed by atoms with Crippen molar-refractivity contribution in [1.29, 1.82) is 0 Å². The molecule has 2 rings (SSSR count). The van der Waals surface area contributed by atoms with Gasteiger partial charge in [-0.25, -0.2) is 9.37 Å². The van der Waals surface area contributed by atoms with E-state index in [-0.39, 0.29) is 5.82 Å². The highest BCUT2D eigenvalue weighted by Crippen LogP contribution is 2.15. The van der Waals surface area contributed by atoms with Crippen LogP contribution in [0.4, 0.5) is 10.2 Å². The number of pyridine rings is 1. The minimum absolute atomic E-state index is 0.295. The van der Waals surface area contributed by atoms with Gasteiger partial charge in [0.05, 0.1) is 6.20 Å². The summed E-state index contributed by atoms with van der Waals surface area (Å²) in [6, 6.07) is 3.03. The first kappa shape index (κ1) is 9.12. The van der Waals surface area contributed by atoms with Crippen LogP contribution in [0.3, 0.4) is 0 Å². The van der Waals surface area contributed by atoms with Crippen molar-refractivity contribution >= 4 is 11.6 Å². The quantitative estimate of drug-likeness (QED) is 0.677. The number of anilines is 1. The fourth-order valence-corrected chi connectivity index (χ4v) is 1.54. The lowest BCUT2D eigenvalue weighted by Crippen LogP contribution is -2.34. The van der Waals surface area contributed by atoms with E-state index in [0.29, 0.717) is 31.7 Å². The Kier molecular flexibility index (Phi) is 2.43. The van der Waals surface area contributed by atoms with Gasteiger partial charge in [-0.1, -0.05) is 0 Å². The van der Waals surface area contributed by atoms with Crippen LogP contribution in [0.25, 0.3) is 0 Å². The molecule has 1 fully saturated rings.